The summed E-state index contributed by atoms with van der Waals surface area (Å²) >= 11 is 1.64. The van der Waals surface area contributed by atoms with Crippen molar-refractivity contribution in [2.75, 3.05) is 19.7 Å². The average molecular weight is 240 g/mol. The van der Waals surface area contributed by atoms with Crippen LogP contribution in [0.25, 0.3) is 0 Å². The lowest BCUT2D eigenvalue weighted by Gasteiger charge is -2.15. The van der Waals surface area contributed by atoms with Crippen molar-refractivity contribution in [3.63, 3.8) is 0 Å². The standard InChI is InChI=1S/C11H16N2O2S/c1-8-10(16-7-12-8)2-3-13-5-9(6-14)4-11(13)15/h7,9,14H,2-6H2,1H3. The smallest absolute Gasteiger partial charge is 0.223 e. The molecule has 4 nitrogen and oxygen atoms in total. The fraction of sp³-hybridized carbons (Fsp3) is 0.636. The zero-order chi connectivity index (χ0) is 11.5. The Balaban J connectivity index is 1.87. The number of aliphatic hydroxyl groups excluding tert-OH is 1. The van der Waals surface area contributed by atoms with Crippen LogP contribution in [0.15, 0.2) is 5.51 Å². The van der Waals surface area contributed by atoms with E-state index in [0.717, 1.165) is 18.7 Å². The van der Waals surface area contributed by atoms with Crippen molar-refractivity contribution in [2.24, 2.45) is 5.92 Å². The number of hydrogen-bond acceptors (Lipinski definition) is 4. The molecule has 2 rings (SSSR count). The number of aryl methyl sites for hydroxylation is 1. The summed E-state index contributed by atoms with van der Waals surface area (Å²) in [5, 5.41) is 9.01. The van der Waals surface area contributed by atoms with Crippen molar-refractivity contribution in [3.8, 4) is 0 Å². The van der Waals surface area contributed by atoms with Crippen LogP contribution in [0.4, 0.5) is 0 Å². The molecule has 88 valence electrons. The summed E-state index contributed by atoms with van der Waals surface area (Å²) in [4.78, 5) is 18.9. The minimum Gasteiger partial charge on any atom is -0.396 e. The van der Waals surface area contributed by atoms with Gasteiger partial charge in [0, 0.05) is 43.3 Å². The molecule has 0 bridgehead atoms. The monoisotopic (exact) mass is 240 g/mol. The second kappa shape index (κ2) is 4.93. The summed E-state index contributed by atoms with van der Waals surface area (Å²) in [6.45, 7) is 3.56. The lowest BCUT2D eigenvalue weighted by atomic mass is 10.1. The molecular formula is C11H16N2O2S. The van der Waals surface area contributed by atoms with Crippen molar-refractivity contribution in [2.45, 2.75) is 19.8 Å². The summed E-state index contributed by atoms with van der Waals surface area (Å²) in [7, 11) is 0. The van der Waals surface area contributed by atoms with Gasteiger partial charge in [-0.3, -0.25) is 4.79 Å². The molecule has 1 N–H and O–H groups in total. The maximum Gasteiger partial charge on any atom is 0.223 e. The predicted molar refractivity (Wildman–Crippen MR) is 62.3 cm³/mol. The van der Waals surface area contributed by atoms with Gasteiger partial charge in [-0.25, -0.2) is 4.98 Å². The number of nitrogens with zero attached hydrogens (tertiary/aromatic N) is 2. The summed E-state index contributed by atoms with van der Waals surface area (Å²) < 4.78 is 0. The molecule has 0 aliphatic carbocycles. The van der Waals surface area contributed by atoms with E-state index in [-0.39, 0.29) is 18.4 Å². The summed E-state index contributed by atoms with van der Waals surface area (Å²) in [5.41, 5.74) is 2.91. The maximum absolute atomic E-state index is 11.6. The van der Waals surface area contributed by atoms with Crippen molar-refractivity contribution in [1.82, 2.24) is 9.88 Å². The number of carbonyl (C=O) groups excluding carboxylic acids is 1. The van der Waals surface area contributed by atoms with Crippen LogP contribution >= 0.6 is 11.3 Å². The number of rotatable bonds is 4. The minimum absolute atomic E-state index is 0.113. The quantitative estimate of drug-likeness (QED) is 0.848. The normalized spacial score (nSPS) is 20.8. The summed E-state index contributed by atoms with van der Waals surface area (Å²) in [5.74, 6) is 0.302. The van der Waals surface area contributed by atoms with Crippen LogP contribution in [0.3, 0.4) is 0 Å². The Morgan fingerprint density at radius 2 is 2.50 bits per heavy atom. The van der Waals surface area contributed by atoms with Gasteiger partial charge in [-0.2, -0.15) is 0 Å². The first-order valence-electron chi connectivity index (χ1n) is 5.48. The van der Waals surface area contributed by atoms with E-state index in [1.165, 1.54) is 4.88 Å². The Morgan fingerprint density at radius 3 is 3.06 bits per heavy atom. The molecule has 2 heterocycles. The lowest BCUT2D eigenvalue weighted by Crippen LogP contribution is -2.27. The van der Waals surface area contributed by atoms with Crippen LogP contribution in [-0.4, -0.2) is 40.6 Å². The van der Waals surface area contributed by atoms with E-state index in [1.807, 2.05) is 17.3 Å². The fourth-order valence-corrected chi connectivity index (χ4v) is 2.77. The first-order chi connectivity index (χ1) is 7.70. The number of carbonyl (C=O) groups is 1. The third-order valence-electron chi connectivity index (χ3n) is 3.01. The van der Waals surface area contributed by atoms with E-state index in [4.69, 9.17) is 5.11 Å². The third-order valence-corrected chi connectivity index (χ3v) is 4.00. The first-order valence-corrected chi connectivity index (χ1v) is 6.36. The summed E-state index contributed by atoms with van der Waals surface area (Å²) in [6.07, 6.45) is 1.37. The zero-order valence-electron chi connectivity index (χ0n) is 9.35. The number of aromatic nitrogens is 1. The molecule has 5 heteroatoms. The Labute approximate surface area is 98.9 Å². The van der Waals surface area contributed by atoms with E-state index >= 15 is 0 Å². The molecule has 0 saturated carbocycles. The van der Waals surface area contributed by atoms with Crippen LogP contribution in [-0.2, 0) is 11.2 Å². The molecule has 1 aliphatic heterocycles. The van der Waals surface area contributed by atoms with Crippen LogP contribution < -0.4 is 0 Å². The van der Waals surface area contributed by atoms with E-state index < -0.39 is 0 Å². The Morgan fingerprint density at radius 1 is 1.69 bits per heavy atom. The van der Waals surface area contributed by atoms with Crippen LogP contribution in [0.2, 0.25) is 0 Å². The van der Waals surface area contributed by atoms with Crippen LogP contribution in [0.5, 0.6) is 0 Å². The van der Waals surface area contributed by atoms with E-state index in [0.29, 0.717) is 13.0 Å². The molecule has 1 fully saturated rings. The van der Waals surface area contributed by atoms with Gasteiger partial charge in [0.1, 0.15) is 0 Å². The molecule has 16 heavy (non-hydrogen) atoms. The average Bonchev–Trinajstić information content (AvgIpc) is 2.82. The van der Waals surface area contributed by atoms with Gasteiger partial charge >= 0.3 is 0 Å². The largest absolute Gasteiger partial charge is 0.396 e. The second-order valence-corrected chi connectivity index (χ2v) is 5.14. The van der Waals surface area contributed by atoms with Crippen molar-refractivity contribution in [3.05, 3.63) is 16.1 Å². The highest BCUT2D eigenvalue weighted by atomic mass is 32.1. The molecule has 1 atom stereocenters. The highest BCUT2D eigenvalue weighted by molar-refractivity contribution is 7.09. The van der Waals surface area contributed by atoms with E-state index in [1.54, 1.807) is 11.3 Å². The van der Waals surface area contributed by atoms with Gasteiger partial charge in [0.15, 0.2) is 0 Å². The molecule has 1 amide bonds. The van der Waals surface area contributed by atoms with Gasteiger partial charge in [-0.1, -0.05) is 0 Å². The van der Waals surface area contributed by atoms with Gasteiger partial charge in [0.2, 0.25) is 5.91 Å². The Kier molecular flexibility index (Phi) is 3.56. The molecule has 0 radical (unpaired) electrons. The van der Waals surface area contributed by atoms with Crippen molar-refractivity contribution >= 4 is 17.2 Å². The molecule has 1 saturated heterocycles. The van der Waals surface area contributed by atoms with Crippen LogP contribution in [0.1, 0.15) is 17.0 Å². The SMILES string of the molecule is Cc1ncsc1CCN1CC(CO)CC1=O. The summed E-state index contributed by atoms with van der Waals surface area (Å²) in [6, 6.07) is 0. The first kappa shape index (κ1) is 11.5. The molecule has 1 aliphatic rings. The minimum atomic E-state index is 0.113. The third kappa shape index (κ3) is 2.41. The molecule has 0 spiro atoms. The van der Waals surface area contributed by atoms with Crippen molar-refractivity contribution < 1.29 is 9.90 Å². The van der Waals surface area contributed by atoms with E-state index in [9.17, 15) is 4.79 Å². The van der Waals surface area contributed by atoms with Crippen LogP contribution in [0, 0.1) is 12.8 Å². The molecule has 1 aromatic heterocycles. The number of thiazole rings is 1. The fourth-order valence-electron chi connectivity index (χ4n) is 1.99. The number of likely N-dealkylation sites (tertiary alicyclic amines) is 1. The molecule has 0 aromatic carbocycles. The second-order valence-electron chi connectivity index (χ2n) is 4.20. The van der Waals surface area contributed by atoms with Gasteiger partial charge in [-0.05, 0) is 6.92 Å². The number of hydrogen-bond donors (Lipinski definition) is 1. The van der Waals surface area contributed by atoms with Gasteiger partial charge in [-0.15, -0.1) is 11.3 Å². The highest BCUT2D eigenvalue weighted by Crippen LogP contribution is 2.19. The molecular weight excluding hydrogens is 224 g/mol. The maximum atomic E-state index is 11.6. The van der Waals surface area contributed by atoms with Gasteiger partial charge in [0.05, 0.1) is 11.2 Å². The van der Waals surface area contributed by atoms with Crippen molar-refractivity contribution in [1.29, 1.82) is 0 Å². The highest BCUT2D eigenvalue weighted by Gasteiger charge is 2.28. The number of amides is 1. The molecule has 1 aromatic rings. The lowest BCUT2D eigenvalue weighted by molar-refractivity contribution is -0.127. The Hall–Kier alpha value is -0.940. The zero-order valence-corrected chi connectivity index (χ0v) is 10.2. The van der Waals surface area contributed by atoms with E-state index in [2.05, 4.69) is 4.98 Å². The van der Waals surface area contributed by atoms with Gasteiger partial charge in [0.25, 0.3) is 0 Å². The predicted octanol–water partition coefficient (Wildman–Crippen LogP) is 0.835. The molecule has 1 unspecified atom stereocenters. The number of aliphatic hydroxyl groups is 1. The van der Waals surface area contributed by atoms with Gasteiger partial charge < -0.3 is 10.0 Å². The Bertz CT molecular complexity index is 378. The topological polar surface area (TPSA) is 53.4 Å².